The highest BCUT2D eigenvalue weighted by Crippen LogP contribution is 2.30. The zero-order valence-corrected chi connectivity index (χ0v) is 20.2. The molecule has 14 nitrogen and oxygen atoms in total. The Bertz CT molecular complexity index is 1520. The molecular weight excluding hydrogens is 508 g/mol. The van der Waals surface area contributed by atoms with Crippen molar-refractivity contribution in [2.45, 2.75) is 4.90 Å². The van der Waals surface area contributed by atoms with E-state index < -0.39 is 36.4 Å². The minimum atomic E-state index is -4.38. The predicted octanol–water partition coefficient (Wildman–Crippen LogP) is 3.51. The largest absolute Gasteiger partial charge is 0.478 e. The Balaban J connectivity index is 1.87. The van der Waals surface area contributed by atoms with Crippen molar-refractivity contribution >= 4 is 50.6 Å². The number of benzene rings is 3. The van der Waals surface area contributed by atoms with E-state index in [2.05, 4.69) is 15.2 Å². The Hall–Kier alpha value is -5.05. The Morgan fingerprint density at radius 3 is 2.27 bits per heavy atom. The van der Waals surface area contributed by atoms with Gasteiger partial charge in [-0.05, 0) is 30.3 Å². The molecule has 15 heteroatoms. The van der Waals surface area contributed by atoms with E-state index in [9.17, 15) is 38.5 Å². The van der Waals surface area contributed by atoms with Gasteiger partial charge in [0.05, 0.1) is 32.2 Å². The van der Waals surface area contributed by atoms with Gasteiger partial charge in [-0.2, -0.15) is 5.10 Å². The number of nitro benzene ring substituents is 2. The van der Waals surface area contributed by atoms with Crippen LogP contribution in [-0.2, 0) is 10.0 Å². The summed E-state index contributed by atoms with van der Waals surface area (Å²) in [6.07, 6.45) is 1.21. The highest BCUT2D eigenvalue weighted by Gasteiger charge is 2.23. The number of nitrogens with zero attached hydrogens (tertiary/aromatic N) is 4. The second kappa shape index (κ2) is 10.7. The highest BCUT2D eigenvalue weighted by molar-refractivity contribution is 7.92. The lowest BCUT2D eigenvalue weighted by Crippen LogP contribution is -2.16. The molecule has 0 aliphatic heterocycles. The number of carboxylic acid groups (broad SMARTS) is 1. The van der Waals surface area contributed by atoms with Crippen molar-refractivity contribution in [2.75, 3.05) is 29.1 Å². The van der Waals surface area contributed by atoms with Gasteiger partial charge in [-0.3, -0.25) is 30.4 Å². The molecule has 0 atom stereocenters. The van der Waals surface area contributed by atoms with Gasteiger partial charge in [0.15, 0.2) is 0 Å². The van der Waals surface area contributed by atoms with Crippen LogP contribution in [0.5, 0.6) is 0 Å². The third-order valence-corrected chi connectivity index (χ3v) is 6.32. The average molecular weight is 529 g/mol. The smallest absolute Gasteiger partial charge is 0.337 e. The Morgan fingerprint density at radius 1 is 0.973 bits per heavy atom. The van der Waals surface area contributed by atoms with E-state index in [1.165, 1.54) is 42.6 Å². The number of hydrogen-bond acceptors (Lipinski definition) is 10. The van der Waals surface area contributed by atoms with Gasteiger partial charge >= 0.3 is 5.97 Å². The maximum Gasteiger partial charge on any atom is 0.337 e. The number of carboxylic acids is 1. The summed E-state index contributed by atoms with van der Waals surface area (Å²) in [5.74, 6) is -1.36. The standard InChI is InChI=1S/C22H20N6O8S/c1-26(2)19-10-7-14(11-21(19)28(33)34)13-23-24-18-9-8-15(12-20(18)27(31)32)37(35,36)25-17-6-4-3-5-16(17)22(29)30/h3-13,24-25H,1-2H3,(H,29,30)/b23-13-. The molecular formula is C22H20N6O8S. The van der Waals surface area contributed by atoms with E-state index in [0.29, 0.717) is 11.3 Å². The van der Waals surface area contributed by atoms with Gasteiger partial charge in [-0.15, -0.1) is 0 Å². The fraction of sp³-hybridized carbons (Fsp3) is 0.0909. The molecule has 0 fully saturated rings. The van der Waals surface area contributed by atoms with Crippen LogP contribution in [0.1, 0.15) is 15.9 Å². The lowest BCUT2D eigenvalue weighted by Gasteiger charge is -2.12. The van der Waals surface area contributed by atoms with Crippen LogP contribution in [0.2, 0.25) is 0 Å². The molecule has 0 aliphatic carbocycles. The number of para-hydroxylation sites is 1. The van der Waals surface area contributed by atoms with Crippen LogP contribution in [0.3, 0.4) is 0 Å². The summed E-state index contributed by atoms with van der Waals surface area (Å²) in [7, 11) is -1.07. The zero-order valence-electron chi connectivity index (χ0n) is 19.4. The fourth-order valence-electron chi connectivity index (χ4n) is 3.21. The third-order valence-electron chi connectivity index (χ3n) is 4.95. The zero-order chi connectivity index (χ0) is 27.3. The summed E-state index contributed by atoms with van der Waals surface area (Å²) < 4.78 is 27.7. The number of carbonyl (C=O) groups is 1. The van der Waals surface area contributed by atoms with E-state index >= 15 is 0 Å². The first-order valence-corrected chi connectivity index (χ1v) is 11.8. The van der Waals surface area contributed by atoms with Crippen molar-refractivity contribution in [3.63, 3.8) is 0 Å². The first-order chi connectivity index (χ1) is 17.4. The number of hydrogen-bond donors (Lipinski definition) is 3. The molecule has 0 heterocycles. The lowest BCUT2D eigenvalue weighted by molar-refractivity contribution is -0.384. The van der Waals surface area contributed by atoms with Gasteiger partial charge < -0.3 is 10.0 Å². The first-order valence-electron chi connectivity index (χ1n) is 10.3. The van der Waals surface area contributed by atoms with Crippen LogP contribution < -0.4 is 15.0 Å². The number of aromatic carboxylic acids is 1. The maximum atomic E-state index is 12.8. The monoisotopic (exact) mass is 528 g/mol. The average Bonchev–Trinajstić information content (AvgIpc) is 2.83. The molecule has 0 spiro atoms. The predicted molar refractivity (Wildman–Crippen MR) is 136 cm³/mol. The highest BCUT2D eigenvalue weighted by atomic mass is 32.2. The third kappa shape index (κ3) is 6.15. The lowest BCUT2D eigenvalue weighted by atomic mass is 10.2. The van der Waals surface area contributed by atoms with Crippen molar-refractivity contribution in [1.29, 1.82) is 0 Å². The molecule has 3 aromatic rings. The second-order valence-corrected chi connectivity index (χ2v) is 9.34. The molecule has 0 aliphatic rings. The Kier molecular flexibility index (Phi) is 7.67. The number of nitrogens with one attached hydrogen (secondary N) is 2. The summed E-state index contributed by atoms with van der Waals surface area (Å²) in [6.45, 7) is 0. The van der Waals surface area contributed by atoms with Crippen molar-refractivity contribution in [1.82, 2.24) is 0 Å². The molecule has 0 aromatic heterocycles. The first kappa shape index (κ1) is 26.6. The number of rotatable bonds is 10. The molecule has 0 amide bonds. The van der Waals surface area contributed by atoms with Crippen molar-refractivity contribution in [3.8, 4) is 0 Å². The van der Waals surface area contributed by atoms with Crippen molar-refractivity contribution in [2.24, 2.45) is 5.10 Å². The second-order valence-electron chi connectivity index (χ2n) is 7.66. The molecule has 0 saturated carbocycles. The van der Waals surface area contributed by atoms with Gasteiger partial charge in [0, 0.05) is 31.8 Å². The summed E-state index contributed by atoms with van der Waals surface area (Å²) in [6, 6.07) is 12.7. The Labute approximate surface area is 210 Å². The topological polar surface area (TPSA) is 197 Å². The quantitative estimate of drug-likeness (QED) is 0.199. The fourth-order valence-corrected chi connectivity index (χ4v) is 4.31. The summed E-state index contributed by atoms with van der Waals surface area (Å²) >= 11 is 0. The van der Waals surface area contributed by atoms with E-state index in [1.54, 1.807) is 25.1 Å². The molecule has 0 saturated heterocycles. The van der Waals surface area contributed by atoms with Gasteiger partial charge in [0.2, 0.25) is 0 Å². The van der Waals surface area contributed by atoms with Gasteiger partial charge in [0.1, 0.15) is 11.4 Å². The molecule has 0 bridgehead atoms. The Morgan fingerprint density at radius 2 is 1.65 bits per heavy atom. The van der Waals surface area contributed by atoms with Gasteiger partial charge in [-0.1, -0.05) is 18.2 Å². The van der Waals surface area contributed by atoms with E-state index in [4.69, 9.17) is 0 Å². The number of hydrazone groups is 1. The van der Waals surface area contributed by atoms with Crippen LogP contribution in [0, 0.1) is 20.2 Å². The van der Waals surface area contributed by atoms with Crippen LogP contribution in [0.15, 0.2) is 70.7 Å². The minimum absolute atomic E-state index is 0.148. The summed E-state index contributed by atoms with van der Waals surface area (Å²) in [5, 5.41) is 36.1. The normalized spacial score (nSPS) is 11.2. The summed E-state index contributed by atoms with van der Waals surface area (Å²) in [4.78, 5) is 34.0. The minimum Gasteiger partial charge on any atom is -0.478 e. The SMILES string of the molecule is CN(C)c1ccc(/C=N\Nc2ccc(S(=O)(=O)Nc3ccccc3C(=O)O)cc2[N+](=O)[O-])cc1[N+](=O)[O-]. The maximum absolute atomic E-state index is 12.8. The van der Waals surface area contributed by atoms with E-state index in [0.717, 1.165) is 18.2 Å². The number of sulfonamides is 1. The molecule has 192 valence electrons. The van der Waals surface area contributed by atoms with Crippen molar-refractivity contribution in [3.05, 3.63) is 92.0 Å². The molecule has 3 rings (SSSR count). The van der Waals surface area contributed by atoms with E-state index in [-0.39, 0.29) is 22.6 Å². The van der Waals surface area contributed by atoms with Crippen molar-refractivity contribution < 1.29 is 28.2 Å². The van der Waals surface area contributed by atoms with Gasteiger partial charge in [0.25, 0.3) is 21.4 Å². The van der Waals surface area contributed by atoms with Gasteiger partial charge in [-0.25, -0.2) is 13.2 Å². The molecule has 3 aromatic carbocycles. The van der Waals surface area contributed by atoms with Crippen LogP contribution in [-0.4, -0.2) is 49.7 Å². The van der Waals surface area contributed by atoms with Crippen LogP contribution in [0.25, 0.3) is 0 Å². The number of nitro groups is 2. The van der Waals surface area contributed by atoms with Crippen LogP contribution >= 0.6 is 0 Å². The number of anilines is 3. The summed E-state index contributed by atoms with van der Waals surface area (Å²) in [5.41, 5.74) is 1.71. The molecule has 0 unspecified atom stereocenters. The van der Waals surface area contributed by atoms with E-state index in [1.807, 2.05) is 0 Å². The van der Waals surface area contributed by atoms with Crippen LogP contribution in [0.4, 0.5) is 28.4 Å². The molecule has 0 radical (unpaired) electrons. The molecule has 3 N–H and O–H groups in total. The molecule has 37 heavy (non-hydrogen) atoms.